The van der Waals surface area contributed by atoms with Crippen LogP contribution in [-0.4, -0.2) is 29.9 Å². The number of rotatable bonds is 6. The number of methoxy groups -OCH3 is 1. The lowest BCUT2D eigenvalue weighted by molar-refractivity contribution is 0.0968. The van der Waals surface area contributed by atoms with Crippen molar-refractivity contribution in [3.8, 4) is 5.75 Å². The Balaban J connectivity index is 2.01. The summed E-state index contributed by atoms with van der Waals surface area (Å²) < 4.78 is 5.50. The smallest absolute Gasteiger partial charge is 0.169 e. The van der Waals surface area contributed by atoms with Gasteiger partial charge in [-0.1, -0.05) is 17.7 Å². The van der Waals surface area contributed by atoms with E-state index in [9.17, 15) is 4.79 Å². The third-order valence-corrected chi connectivity index (χ3v) is 4.29. The highest BCUT2D eigenvalue weighted by Crippen LogP contribution is 2.37. The fraction of sp³-hybridized carbons (Fsp3) is 0.263. The van der Waals surface area contributed by atoms with Gasteiger partial charge in [-0.05, 0) is 38.0 Å². The maximum absolute atomic E-state index is 12.5. The quantitative estimate of drug-likeness (QED) is 0.339. The van der Waals surface area contributed by atoms with Gasteiger partial charge in [0.25, 0.3) is 0 Å². The van der Waals surface area contributed by atoms with Crippen LogP contribution in [0.15, 0.2) is 35.5 Å². The lowest BCUT2D eigenvalue weighted by atomic mass is 10.1. The molecule has 1 aliphatic rings. The van der Waals surface area contributed by atoms with Crippen molar-refractivity contribution in [2.45, 2.75) is 19.8 Å². The molecule has 1 aromatic heterocycles. The van der Waals surface area contributed by atoms with Crippen molar-refractivity contribution in [2.75, 3.05) is 12.4 Å². The minimum atomic E-state index is 0.0649. The first-order chi connectivity index (χ1) is 12.5. The van der Waals surface area contributed by atoms with Gasteiger partial charge < -0.3 is 10.1 Å². The molecule has 2 N–H and O–H groups in total. The maximum Gasteiger partial charge on any atom is 0.169 e. The SMILES string of the molecule is CC=NC(=N)c1cccc(Nc2cc(Cl)ncc2C(=O)C2CC2)c1OC. The average molecular weight is 371 g/mol. The largest absolute Gasteiger partial charge is 0.494 e. The third kappa shape index (κ3) is 3.75. The molecule has 0 atom stereocenters. The van der Waals surface area contributed by atoms with Crippen molar-refractivity contribution in [1.82, 2.24) is 4.98 Å². The van der Waals surface area contributed by atoms with Gasteiger partial charge in [-0.2, -0.15) is 0 Å². The number of ether oxygens (including phenoxy) is 1. The van der Waals surface area contributed by atoms with E-state index in [0.29, 0.717) is 33.4 Å². The number of amidine groups is 1. The summed E-state index contributed by atoms with van der Waals surface area (Å²) in [6.07, 6.45) is 4.87. The van der Waals surface area contributed by atoms with E-state index in [4.69, 9.17) is 21.7 Å². The molecule has 0 spiro atoms. The predicted molar refractivity (Wildman–Crippen MR) is 104 cm³/mol. The number of ketones is 1. The predicted octanol–water partition coefficient (Wildman–Crippen LogP) is 4.50. The van der Waals surface area contributed by atoms with E-state index in [1.54, 1.807) is 31.3 Å². The minimum absolute atomic E-state index is 0.0649. The molecule has 0 radical (unpaired) electrons. The van der Waals surface area contributed by atoms with E-state index in [2.05, 4.69) is 15.3 Å². The molecule has 1 fully saturated rings. The summed E-state index contributed by atoms with van der Waals surface area (Å²) in [6.45, 7) is 1.75. The first-order valence-corrected chi connectivity index (χ1v) is 8.64. The van der Waals surface area contributed by atoms with Gasteiger partial charge in [-0.3, -0.25) is 10.2 Å². The Kier molecular flexibility index (Phi) is 5.32. The second-order valence-electron chi connectivity index (χ2n) is 5.94. The van der Waals surface area contributed by atoms with E-state index in [-0.39, 0.29) is 17.5 Å². The molecular weight excluding hydrogens is 352 g/mol. The van der Waals surface area contributed by atoms with Gasteiger partial charge in [-0.15, -0.1) is 0 Å². The standard InChI is InChI=1S/C19H19ClN4O2/c1-3-22-19(21)12-5-4-6-14(18(12)26-2)24-15-9-16(20)23-10-13(15)17(25)11-7-8-11/h3-6,9-11,21H,7-8H2,1-2H3,(H,23,24). The zero-order valence-corrected chi connectivity index (χ0v) is 15.3. The number of Topliss-reactive ketones (excluding diaryl/α,β-unsaturated/α-hetero) is 1. The number of carbonyl (C=O) groups excluding carboxylic acids is 1. The number of halogens is 1. The number of benzene rings is 1. The maximum atomic E-state index is 12.5. The summed E-state index contributed by atoms with van der Waals surface area (Å²) in [5, 5.41) is 11.6. The van der Waals surface area contributed by atoms with Crippen LogP contribution in [0.1, 0.15) is 35.7 Å². The lowest BCUT2D eigenvalue weighted by Crippen LogP contribution is -2.08. The number of nitrogens with one attached hydrogen (secondary N) is 2. The number of nitrogens with zero attached hydrogens (tertiary/aromatic N) is 2. The molecule has 26 heavy (non-hydrogen) atoms. The fourth-order valence-corrected chi connectivity index (χ4v) is 2.84. The topological polar surface area (TPSA) is 87.4 Å². The van der Waals surface area contributed by atoms with E-state index in [1.165, 1.54) is 13.3 Å². The number of hydrogen-bond donors (Lipinski definition) is 2. The van der Waals surface area contributed by atoms with E-state index >= 15 is 0 Å². The molecule has 0 saturated heterocycles. The second-order valence-corrected chi connectivity index (χ2v) is 6.33. The van der Waals surface area contributed by atoms with Crippen molar-refractivity contribution >= 4 is 40.8 Å². The Bertz CT molecular complexity index is 891. The summed E-state index contributed by atoms with van der Waals surface area (Å²) in [6, 6.07) is 6.99. The number of aromatic nitrogens is 1. The van der Waals surface area contributed by atoms with Crippen LogP contribution in [0.4, 0.5) is 11.4 Å². The average Bonchev–Trinajstić information content (AvgIpc) is 3.46. The number of carbonyl (C=O) groups is 1. The van der Waals surface area contributed by atoms with Crippen LogP contribution in [0.25, 0.3) is 0 Å². The highest BCUT2D eigenvalue weighted by molar-refractivity contribution is 6.29. The van der Waals surface area contributed by atoms with E-state index in [1.807, 2.05) is 6.07 Å². The molecule has 134 valence electrons. The Hall–Kier alpha value is -2.73. The molecule has 6 nitrogen and oxygen atoms in total. The van der Waals surface area contributed by atoms with Crippen LogP contribution in [-0.2, 0) is 0 Å². The van der Waals surface area contributed by atoms with Gasteiger partial charge >= 0.3 is 0 Å². The van der Waals surface area contributed by atoms with Crippen LogP contribution in [0.3, 0.4) is 0 Å². The molecule has 0 amide bonds. The number of pyridine rings is 1. The molecule has 0 bridgehead atoms. The zero-order chi connectivity index (χ0) is 18.7. The monoisotopic (exact) mass is 370 g/mol. The Morgan fingerprint density at radius 3 is 2.81 bits per heavy atom. The van der Waals surface area contributed by atoms with Gasteiger partial charge in [0, 0.05) is 18.3 Å². The van der Waals surface area contributed by atoms with Crippen LogP contribution in [0.2, 0.25) is 5.15 Å². The first kappa shape index (κ1) is 18.1. The van der Waals surface area contributed by atoms with E-state index in [0.717, 1.165) is 12.8 Å². The van der Waals surface area contributed by atoms with Crippen molar-refractivity contribution in [3.63, 3.8) is 0 Å². The normalized spacial score (nSPS) is 13.7. The van der Waals surface area contributed by atoms with Gasteiger partial charge in [0.2, 0.25) is 0 Å². The zero-order valence-electron chi connectivity index (χ0n) is 14.5. The fourth-order valence-electron chi connectivity index (χ4n) is 2.68. The van der Waals surface area contributed by atoms with Crippen molar-refractivity contribution in [2.24, 2.45) is 10.9 Å². The van der Waals surface area contributed by atoms with Crippen molar-refractivity contribution in [1.29, 1.82) is 5.41 Å². The lowest BCUT2D eigenvalue weighted by Gasteiger charge is -2.16. The van der Waals surface area contributed by atoms with E-state index < -0.39 is 0 Å². The first-order valence-electron chi connectivity index (χ1n) is 8.26. The summed E-state index contributed by atoms with van der Waals surface area (Å²) in [7, 11) is 1.53. The van der Waals surface area contributed by atoms with Crippen molar-refractivity contribution < 1.29 is 9.53 Å². The Labute approximate surface area is 156 Å². The molecule has 7 heteroatoms. The molecular formula is C19H19ClN4O2. The van der Waals surface area contributed by atoms with Crippen LogP contribution in [0, 0.1) is 11.3 Å². The highest BCUT2D eigenvalue weighted by atomic mass is 35.5. The van der Waals surface area contributed by atoms with Gasteiger partial charge in [0.15, 0.2) is 17.4 Å². The molecule has 1 aliphatic carbocycles. The van der Waals surface area contributed by atoms with Crippen LogP contribution < -0.4 is 10.1 Å². The number of para-hydroxylation sites is 1. The van der Waals surface area contributed by atoms with Gasteiger partial charge in [0.1, 0.15) is 5.15 Å². The molecule has 0 aliphatic heterocycles. The van der Waals surface area contributed by atoms with Gasteiger partial charge in [-0.25, -0.2) is 9.98 Å². The summed E-state index contributed by atoms with van der Waals surface area (Å²) in [5.41, 5.74) is 2.24. The number of aliphatic imine (C=N–C) groups is 1. The van der Waals surface area contributed by atoms with Crippen LogP contribution >= 0.6 is 11.6 Å². The summed E-state index contributed by atoms with van der Waals surface area (Å²) >= 11 is 6.03. The summed E-state index contributed by atoms with van der Waals surface area (Å²) in [5.74, 6) is 0.699. The molecule has 1 heterocycles. The summed E-state index contributed by atoms with van der Waals surface area (Å²) in [4.78, 5) is 20.6. The molecule has 0 unspecified atom stereocenters. The number of hydrogen-bond acceptors (Lipinski definition) is 5. The highest BCUT2D eigenvalue weighted by Gasteiger charge is 2.32. The Morgan fingerprint density at radius 1 is 1.38 bits per heavy atom. The molecule has 1 saturated carbocycles. The minimum Gasteiger partial charge on any atom is -0.494 e. The van der Waals surface area contributed by atoms with Gasteiger partial charge in [0.05, 0.1) is 29.6 Å². The third-order valence-electron chi connectivity index (χ3n) is 4.09. The molecule has 3 rings (SSSR count). The second kappa shape index (κ2) is 7.66. The Morgan fingerprint density at radius 2 is 2.15 bits per heavy atom. The molecule has 2 aromatic rings. The van der Waals surface area contributed by atoms with Crippen LogP contribution in [0.5, 0.6) is 5.75 Å². The van der Waals surface area contributed by atoms with Crippen molar-refractivity contribution in [3.05, 3.63) is 46.7 Å². The number of anilines is 2. The molecule has 1 aromatic carbocycles.